The van der Waals surface area contributed by atoms with Crippen molar-refractivity contribution in [2.24, 2.45) is 17.6 Å². The highest BCUT2D eigenvalue weighted by molar-refractivity contribution is 5.73. The molecule has 0 aromatic heterocycles. The van der Waals surface area contributed by atoms with Gasteiger partial charge >= 0.3 is 0 Å². The predicted molar refractivity (Wildman–Crippen MR) is 105 cm³/mol. The van der Waals surface area contributed by atoms with E-state index >= 15 is 0 Å². The number of amides is 1. The number of carbonyl (C=O) groups excluding carboxylic acids is 1. The normalized spacial score (nSPS) is 19.8. The van der Waals surface area contributed by atoms with E-state index in [4.69, 9.17) is 10.5 Å². The third kappa shape index (κ3) is 4.66. The number of aryl methyl sites for hydroxylation is 2. The van der Waals surface area contributed by atoms with Gasteiger partial charge in [-0.1, -0.05) is 43.3 Å². The molecule has 0 saturated heterocycles. The van der Waals surface area contributed by atoms with E-state index in [1.807, 2.05) is 0 Å². The number of benzene rings is 2. The van der Waals surface area contributed by atoms with E-state index in [2.05, 4.69) is 55.5 Å². The molecule has 138 valence electrons. The van der Waals surface area contributed by atoms with Crippen LogP contribution in [0, 0.1) is 11.8 Å². The molecular weight excluding hydrogens is 322 g/mol. The first-order valence-electron chi connectivity index (χ1n) is 9.57. The van der Waals surface area contributed by atoms with E-state index < -0.39 is 0 Å². The molecule has 2 N–H and O–H groups in total. The van der Waals surface area contributed by atoms with Gasteiger partial charge in [-0.25, -0.2) is 0 Å². The van der Waals surface area contributed by atoms with Gasteiger partial charge in [0.15, 0.2) is 0 Å². The molecule has 3 nitrogen and oxygen atoms in total. The Kier molecular flexibility index (Phi) is 5.97. The van der Waals surface area contributed by atoms with Gasteiger partial charge in [-0.15, -0.1) is 0 Å². The molecule has 1 aliphatic rings. The van der Waals surface area contributed by atoms with Crippen LogP contribution in [0.3, 0.4) is 0 Å². The maximum absolute atomic E-state index is 11.1. The van der Waals surface area contributed by atoms with E-state index in [1.54, 1.807) is 7.11 Å². The number of rotatable bonds is 9. The van der Waals surface area contributed by atoms with Crippen molar-refractivity contribution >= 4 is 5.91 Å². The molecule has 2 aromatic carbocycles. The second-order valence-corrected chi connectivity index (χ2v) is 7.54. The van der Waals surface area contributed by atoms with Crippen molar-refractivity contribution in [3.05, 3.63) is 65.2 Å². The standard InChI is InChI=1S/C23H29NO2/c1-16(8-13-23(24)25)20-15-22(20)21-14-19(26-2)12-11-18(21)10-9-17-6-4-3-5-7-17/h3-7,11-12,14,16,20,22H,8-10,13,15H2,1-2H3,(H2,24,25). The van der Waals surface area contributed by atoms with Gasteiger partial charge in [0, 0.05) is 6.42 Å². The van der Waals surface area contributed by atoms with Crippen LogP contribution in [-0.2, 0) is 17.6 Å². The predicted octanol–water partition coefficient (Wildman–Crippen LogP) is 4.49. The van der Waals surface area contributed by atoms with Crippen molar-refractivity contribution < 1.29 is 9.53 Å². The average molecular weight is 351 g/mol. The highest BCUT2D eigenvalue weighted by atomic mass is 16.5. The van der Waals surface area contributed by atoms with E-state index in [0.717, 1.165) is 25.0 Å². The quantitative estimate of drug-likeness (QED) is 0.724. The zero-order valence-corrected chi connectivity index (χ0v) is 15.8. The van der Waals surface area contributed by atoms with Crippen LogP contribution in [-0.4, -0.2) is 13.0 Å². The molecule has 3 atom stereocenters. The van der Waals surface area contributed by atoms with Gasteiger partial charge in [-0.3, -0.25) is 4.79 Å². The number of carbonyl (C=O) groups is 1. The summed E-state index contributed by atoms with van der Waals surface area (Å²) < 4.78 is 5.46. The topological polar surface area (TPSA) is 52.3 Å². The van der Waals surface area contributed by atoms with Crippen LogP contribution in [0.2, 0.25) is 0 Å². The molecule has 2 aromatic rings. The molecule has 3 heteroatoms. The summed E-state index contributed by atoms with van der Waals surface area (Å²) in [7, 11) is 1.72. The Morgan fingerprint density at radius 1 is 1.19 bits per heavy atom. The lowest BCUT2D eigenvalue weighted by Gasteiger charge is -2.14. The Morgan fingerprint density at radius 3 is 2.65 bits per heavy atom. The minimum atomic E-state index is -0.195. The molecule has 0 spiro atoms. The third-order valence-corrected chi connectivity index (χ3v) is 5.70. The lowest BCUT2D eigenvalue weighted by Crippen LogP contribution is -2.12. The molecular formula is C23H29NO2. The summed E-state index contributed by atoms with van der Waals surface area (Å²) in [6, 6.07) is 17.1. The van der Waals surface area contributed by atoms with E-state index in [0.29, 0.717) is 24.2 Å². The van der Waals surface area contributed by atoms with Crippen molar-refractivity contribution in [2.45, 2.75) is 44.9 Å². The average Bonchev–Trinajstić information content (AvgIpc) is 3.46. The number of primary amides is 1. The second kappa shape index (κ2) is 8.39. The Labute approximate surface area is 156 Å². The number of ether oxygens (including phenoxy) is 1. The Hall–Kier alpha value is -2.29. The van der Waals surface area contributed by atoms with Crippen LogP contribution in [0.25, 0.3) is 0 Å². The summed E-state index contributed by atoms with van der Waals surface area (Å²) >= 11 is 0. The van der Waals surface area contributed by atoms with Crippen molar-refractivity contribution in [1.82, 2.24) is 0 Å². The monoisotopic (exact) mass is 351 g/mol. The number of hydrogen-bond acceptors (Lipinski definition) is 2. The molecule has 0 aliphatic heterocycles. The van der Waals surface area contributed by atoms with Crippen LogP contribution in [0.4, 0.5) is 0 Å². The lowest BCUT2D eigenvalue weighted by molar-refractivity contribution is -0.118. The summed E-state index contributed by atoms with van der Waals surface area (Å²) in [5.41, 5.74) is 9.53. The Balaban J connectivity index is 1.70. The Bertz CT molecular complexity index is 741. The zero-order valence-electron chi connectivity index (χ0n) is 15.8. The van der Waals surface area contributed by atoms with E-state index in [1.165, 1.54) is 23.1 Å². The molecule has 1 amide bonds. The van der Waals surface area contributed by atoms with Crippen LogP contribution < -0.4 is 10.5 Å². The number of methoxy groups -OCH3 is 1. The van der Waals surface area contributed by atoms with Crippen molar-refractivity contribution in [1.29, 1.82) is 0 Å². The maximum Gasteiger partial charge on any atom is 0.217 e. The highest BCUT2D eigenvalue weighted by Gasteiger charge is 2.42. The first-order valence-corrected chi connectivity index (χ1v) is 9.57. The zero-order chi connectivity index (χ0) is 18.5. The largest absolute Gasteiger partial charge is 0.497 e. The lowest BCUT2D eigenvalue weighted by atomic mass is 9.92. The molecule has 1 fully saturated rings. The fourth-order valence-electron chi connectivity index (χ4n) is 3.98. The van der Waals surface area contributed by atoms with Gasteiger partial charge < -0.3 is 10.5 Å². The van der Waals surface area contributed by atoms with Crippen LogP contribution >= 0.6 is 0 Å². The van der Waals surface area contributed by atoms with Crippen molar-refractivity contribution in [3.8, 4) is 5.75 Å². The summed E-state index contributed by atoms with van der Waals surface area (Å²) in [6.45, 7) is 2.25. The molecule has 0 heterocycles. The van der Waals surface area contributed by atoms with Crippen LogP contribution in [0.5, 0.6) is 5.75 Å². The molecule has 1 saturated carbocycles. The van der Waals surface area contributed by atoms with Gasteiger partial charge in [0.2, 0.25) is 5.91 Å². The maximum atomic E-state index is 11.1. The number of nitrogens with two attached hydrogens (primary N) is 1. The smallest absolute Gasteiger partial charge is 0.217 e. The second-order valence-electron chi connectivity index (χ2n) is 7.54. The van der Waals surface area contributed by atoms with Gasteiger partial charge in [-0.2, -0.15) is 0 Å². The minimum Gasteiger partial charge on any atom is -0.497 e. The first-order chi connectivity index (χ1) is 12.6. The van der Waals surface area contributed by atoms with E-state index in [9.17, 15) is 4.79 Å². The SMILES string of the molecule is COc1ccc(CCc2ccccc2)c(C2CC2C(C)CCC(N)=O)c1. The Morgan fingerprint density at radius 2 is 1.96 bits per heavy atom. The summed E-state index contributed by atoms with van der Waals surface area (Å²) in [5, 5.41) is 0. The highest BCUT2D eigenvalue weighted by Crippen LogP contribution is 2.54. The fourth-order valence-corrected chi connectivity index (χ4v) is 3.98. The molecule has 0 bridgehead atoms. The van der Waals surface area contributed by atoms with Gasteiger partial charge in [-0.05, 0) is 72.3 Å². The van der Waals surface area contributed by atoms with Crippen molar-refractivity contribution in [2.75, 3.05) is 7.11 Å². The third-order valence-electron chi connectivity index (χ3n) is 5.70. The van der Waals surface area contributed by atoms with Gasteiger partial charge in [0.05, 0.1) is 7.11 Å². The summed E-state index contributed by atoms with van der Waals surface area (Å²) in [4.78, 5) is 11.1. The summed E-state index contributed by atoms with van der Waals surface area (Å²) in [6.07, 6.45) is 4.67. The van der Waals surface area contributed by atoms with Gasteiger partial charge in [0.25, 0.3) is 0 Å². The molecule has 3 unspecified atom stereocenters. The van der Waals surface area contributed by atoms with Crippen molar-refractivity contribution in [3.63, 3.8) is 0 Å². The van der Waals surface area contributed by atoms with E-state index in [-0.39, 0.29) is 5.91 Å². The molecule has 3 rings (SSSR count). The fraction of sp³-hybridized carbons (Fsp3) is 0.435. The number of hydrogen-bond donors (Lipinski definition) is 1. The molecule has 0 radical (unpaired) electrons. The van der Waals surface area contributed by atoms with Crippen LogP contribution in [0.15, 0.2) is 48.5 Å². The first kappa shape index (κ1) is 18.5. The molecule has 26 heavy (non-hydrogen) atoms. The molecule has 1 aliphatic carbocycles. The van der Waals surface area contributed by atoms with Crippen LogP contribution in [0.1, 0.15) is 48.8 Å². The summed E-state index contributed by atoms with van der Waals surface area (Å²) in [5.74, 6) is 2.49. The minimum absolute atomic E-state index is 0.195. The van der Waals surface area contributed by atoms with Gasteiger partial charge in [0.1, 0.15) is 5.75 Å².